The van der Waals surface area contributed by atoms with Gasteiger partial charge in [-0.15, -0.1) is 0 Å². The topological polar surface area (TPSA) is 72.9 Å². The molecule has 3 rings (SSSR count). The molecule has 1 aromatic carbocycles. The second kappa shape index (κ2) is 7.47. The van der Waals surface area contributed by atoms with Crippen LogP contribution in [0.5, 0.6) is 11.5 Å². The summed E-state index contributed by atoms with van der Waals surface area (Å²) in [5.74, 6) is 1.47. The molecule has 7 heteroatoms. The van der Waals surface area contributed by atoms with Gasteiger partial charge in [0.15, 0.2) is 9.84 Å². The number of benzene rings is 1. The van der Waals surface area contributed by atoms with Crippen molar-refractivity contribution >= 4 is 15.7 Å². The van der Waals surface area contributed by atoms with E-state index in [-0.39, 0.29) is 30.1 Å². The molecule has 1 saturated heterocycles. The van der Waals surface area contributed by atoms with E-state index in [4.69, 9.17) is 9.47 Å². The Morgan fingerprint density at radius 3 is 2.36 bits per heavy atom. The standard InChI is InChI=1S/C18H23NO5S/c1-23-15-2-4-16(5-3-15)24-17-6-9-19(10-7-17)18(20)12-14-8-11-25(21,22)13-14/h2-5,8,11,14,17H,6-7,9-10,12-13H2,1H3. The molecular weight excluding hydrogens is 342 g/mol. The van der Waals surface area contributed by atoms with Crippen molar-refractivity contribution in [3.63, 3.8) is 0 Å². The number of carbonyl (C=O) groups excluding carboxylic acids is 1. The molecule has 2 heterocycles. The number of amides is 1. The van der Waals surface area contributed by atoms with Crippen molar-refractivity contribution in [2.45, 2.75) is 25.4 Å². The Hall–Kier alpha value is -2.02. The van der Waals surface area contributed by atoms with Crippen LogP contribution in [0.4, 0.5) is 0 Å². The molecule has 1 amide bonds. The van der Waals surface area contributed by atoms with Gasteiger partial charge in [-0.1, -0.05) is 6.08 Å². The SMILES string of the molecule is COc1ccc(OC2CCN(C(=O)CC3C=CS(=O)(=O)C3)CC2)cc1. The first kappa shape index (κ1) is 17.8. The lowest BCUT2D eigenvalue weighted by Gasteiger charge is -2.32. The van der Waals surface area contributed by atoms with Crippen LogP contribution in [0.25, 0.3) is 0 Å². The second-order valence-corrected chi connectivity index (χ2v) is 8.43. The molecule has 0 radical (unpaired) electrons. The normalized spacial score (nSPS) is 22.8. The Morgan fingerprint density at radius 1 is 1.16 bits per heavy atom. The van der Waals surface area contributed by atoms with Crippen LogP contribution in [0, 0.1) is 5.92 Å². The summed E-state index contributed by atoms with van der Waals surface area (Å²) >= 11 is 0. The highest BCUT2D eigenvalue weighted by molar-refractivity contribution is 7.94. The number of sulfone groups is 1. The zero-order valence-corrected chi connectivity index (χ0v) is 15.1. The fourth-order valence-electron chi connectivity index (χ4n) is 3.19. The lowest BCUT2D eigenvalue weighted by molar-refractivity contribution is -0.133. The molecule has 0 bridgehead atoms. The molecule has 1 unspecified atom stereocenters. The van der Waals surface area contributed by atoms with Crippen molar-refractivity contribution in [2.24, 2.45) is 5.92 Å². The summed E-state index contributed by atoms with van der Waals surface area (Å²) in [5, 5.41) is 1.22. The maximum absolute atomic E-state index is 12.3. The van der Waals surface area contributed by atoms with E-state index >= 15 is 0 Å². The minimum absolute atomic E-state index is 0.0228. The number of likely N-dealkylation sites (tertiary alicyclic amines) is 1. The van der Waals surface area contributed by atoms with E-state index in [1.807, 2.05) is 29.2 Å². The van der Waals surface area contributed by atoms with Crippen molar-refractivity contribution in [1.82, 2.24) is 4.90 Å². The van der Waals surface area contributed by atoms with Crippen LogP contribution in [0.15, 0.2) is 35.7 Å². The zero-order chi connectivity index (χ0) is 17.9. The lowest BCUT2D eigenvalue weighted by Crippen LogP contribution is -2.42. The number of ether oxygens (including phenoxy) is 2. The van der Waals surface area contributed by atoms with E-state index < -0.39 is 9.84 Å². The van der Waals surface area contributed by atoms with Gasteiger partial charge in [-0.05, 0) is 24.3 Å². The van der Waals surface area contributed by atoms with Gasteiger partial charge < -0.3 is 14.4 Å². The van der Waals surface area contributed by atoms with Crippen LogP contribution in [0.1, 0.15) is 19.3 Å². The van der Waals surface area contributed by atoms with Gasteiger partial charge in [0.05, 0.1) is 12.9 Å². The van der Waals surface area contributed by atoms with Gasteiger partial charge >= 0.3 is 0 Å². The predicted octanol–water partition coefficient (Wildman–Crippen LogP) is 2.01. The van der Waals surface area contributed by atoms with E-state index in [2.05, 4.69) is 0 Å². The Kier molecular flexibility index (Phi) is 5.32. The average Bonchev–Trinajstić information content (AvgIpc) is 2.94. The van der Waals surface area contributed by atoms with Gasteiger partial charge in [0.25, 0.3) is 0 Å². The average molecular weight is 365 g/mol. The summed E-state index contributed by atoms with van der Waals surface area (Å²) in [4.78, 5) is 14.2. The summed E-state index contributed by atoms with van der Waals surface area (Å²) < 4.78 is 33.9. The molecule has 0 aromatic heterocycles. The maximum atomic E-state index is 12.3. The number of hydrogen-bond donors (Lipinski definition) is 0. The Morgan fingerprint density at radius 2 is 1.80 bits per heavy atom. The number of rotatable bonds is 5. The molecule has 2 aliphatic rings. The quantitative estimate of drug-likeness (QED) is 0.798. The second-order valence-electron chi connectivity index (χ2n) is 6.50. The largest absolute Gasteiger partial charge is 0.497 e. The number of piperidine rings is 1. The molecule has 0 N–H and O–H groups in total. The molecule has 0 spiro atoms. The highest BCUT2D eigenvalue weighted by Gasteiger charge is 2.28. The minimum atomic E-state index is -3.10. The van der Waals surface area contributed by atoms with Gasteiger partial charge in [0.1, 0.15) is 17.6 Å². The molecule has 0 aliphatic carbocycles. The van der Waals surface area contributed by atoms with Crippen molar-refractivity contribution in [1.29, 1.82) is 0 Å². The van der Waals surface area contributed by atoms with Gasteiger partial charge in [-0.2, -0.15) is 0 Å². The van der Waals surface area contributed by atoms with Crippen molar-refractivity contribution in [3.05, 3.63) is 35.7 Å². The molecule has 1 atom stereocenters. The molecule has 25 heavy (non-hydrogen) atoms. The smallest absolute Gasteiger partial charge is 0.223 e. The molecular formula is C18H23NO5S. The van der Waals surface area contributed by atoms with Crippen LogP contribution in [-0.4, -0.2) is 51.3 Å². The van der Waals surface area contributed by atoms with E-state index in [1.54, 1.807) is 13.2 Å². The predicted molar refractivity (Wildman–Crippen MR) is 94.3 cm³/mol. The number of hydrogen-bond acceptors (Lipinski definition) is 5. The molecule has 136 valence electrons. The van der Waals surface area contributed by atoms with Crippen LogP contribution >= 0.6 is 0 Å². The maximum Gasteiger partial charge on any atom is 0.223 e. The van der Waals surface area contributed by atoms with E-state index in [0.29, 0.717) is 13.1 Å². The summed E-state index contributed by atoms with van der Waals surface area (Å²) in [6.07, 6.45) is 3.53. The first-order valence-corrected chi connectivity index (χ1v) is 10.2. The summed E-state index contributed by atoms with van der Waals surface area (Å²) in [6.45, 7) is 1.28. The Balaban J connectivity index is 1.45. The van der Waals surface area contributed by atoms with Crippen molar-refractivity contribution < 1.29 is 22.7 Å². The highest BCUT2D eigenvalue weighted by atomic mass is 32.2. The first-order valence-electron chi connectivity index (χ1n) is 8.44. The summed E-state index contributed by atoms with van der Waals surface area (Å²) in [6, 6.07) is 7.47. The molecule has 2 aliphatic heterocycles. The first-order chi connectivity index (χ1) is 11.9. The number of methoxy groups -OCH3 is 1. The van der Waals surface area contributed by atoms with Crippen LogP contribution < -0.4 is 9.47 Å². The van der Waals surface area contributed by atoms with Crippen LogP contribution in [0.3, 0.4) is 0 Å². The molecule has 6 nitrogen and oxygen atoms in total. The fraction of sp³-hybridized carbons (Fsp3) is 0.500. The van der Waals surface area contributed by atoms with Gasteiger partial charge in [-0.25, -0.2) is 8.42 Å². The van der Waals surface area contributed by atoms with Crippen molar-refractivity contribution in [2.75, 3.05) is 26.0 Å². The Bertz CT molecular complexity index is 733. The summed E-state index contributed by atoms with van der Waals surface area (Å²) in [5.41, 5.74) is 0. The molecule has 1 aromatic rings. The van der Waals surface area contributed by atoms with E-state index in [1.165, 1.54) is 5.41 Å². The zero-order valence-electron chi connectivity index (χ0n) is 14.3. The third-order valence-corrected chi connectivity index (χ3v) is 6.06. The third kappa shape index (κ3) is 4.75. The number of allylic oxidation sites excluding steroid dienone is 1. The number of carbonyl (C=O) groups is 1. The van der Waals surface area contributed by atoms with Crippen LogP contribution in [-0.2, 0) is 14.6 Å². The number of nitrogens with zero attached hydrogens (tertiary/aromatic N) is 1. The van der Waals surface area contributed by atoms with Gasteiger partial charge in [0, 0.05) is 43.7 Å². The van der Waals surface area contributed by atoms with Gasteiger partial charge in [0.2, 0.25) is 5.91 Å². The van der Waals surface area contributed by atoms with E-state index in [9.17, 15) is 13.2 Å². The summed E-state index contributed by atoms with van der Waals surface area (Å²) in [7, 11) is -1.48. The highest BCUT2D eigenvalue weighted by Crippen LogP contribution is 2.24. The minimum Gasteiger partial charge on any atom is -0.497 e. The fourth-order valence-corrected chi connectivity index (χ4v) is 4.59. The Labute approximate surface area is 148 Å². The molecule has 1 fully saturated rings. The molecule has 0 saturated carbocycles. The third-order valence-electron chi connectivity index (χ3n) is 4.60. The lowest BCUT2D eigenvalue weighted by atomic mass is 10.0. The van der Waals surface area contributed by atoms with Crippen LogP contribution in [0.2, 0.25) is 0 Å². The van der Waals surface area contributed by atoms with Gasteiger partial charge in [-0.3, -0.25) is 4.79 Å². The van der Waals surface area contributed by atoms with E-state index in [0.717, 1.165) is 24.3 Å². The monoisotopic (exact) mass is 365 g/mol. The van der Waals surface area contributed by atoms with Crippen molar-refractivity contribution in [3.8, 4) is 11.5 Å².